The van der Waals surface area contributed by atoms with Crippen LogP contribution in [0.1, 0.15) is 55.1 Å². The summed E-state index contributed by atoms with van der Waals surface area (Å²) >= 11 is 12.7. The molecular weight excluding hydrogens is 673 g/mol. The minimum absolute atomic E-state index is 0.00920. The van der Waals surface area contributed by atoms with Gasteiger partial charge >= 0.3 is 11.9 Å². The van der Waals surface area contributed by atoms with Crippen molar-refractivity contribution < 1.29 is 23.8 Å². The Morgan fingerprint density at radius 2 is 1.20 bits per heavy atom. The van der Waals surface area contributed by atoms with E-state index >= 15 is 0 Å². The fraction of sp³-hybridized carbons (Fsp3) is 0.150. The van der Waals surface area contributed by atoms with Crippen molar-refractivity contribution in [2.75, 3.05) is 6.79 Å². The second-order valence-corrected chi connectivity index (χ2v) is 12.6. The van der Waals surface area contributed by atoms with Gasteiger partial charge < -0.3 is 14.2 Å². The first kappa shape index (κ1) is 33.1. The molecule has 8 nitrogen and oxygen atoms in total. The lowest BCUT2D eigenvalue weighted by molar-refractivity contribution is -0.0179. The molecule has 250 valence electrons. The molecule has 50 heavy (non-hydrogen) atoms. The average molecular weight is 705 g/mol. The van der Waals surface area contributed by atoms with Crippen LogP contribution in [0.4, 0.5) is 0 Å². The third-order valence-corrected chi connectivity index (χ3v) is 9.54. The van der Waals surface area contributed by atoms with Crippen molar-refractivity contribution >= 4 is 35.1 Å². The van der Waals surface area contributed by atoms with Crippen LogP contribution in [-0.2, 0) is 27.9 Å². The minimum atomic E-state index is -1.20. The van der Waals surface area contributed by atoms with Gasteiger partial charge in [-0.2, -0.15) is 0 Å². The van der Waals surface area contributed by atoms with E-state index in [1.807, 2.05) is 103 Å². The van der Waals surface area contributed by atoms with Crippen LogP contribution in [0.5, 0.6) is 5.88 Å². The molecule has 1 aromatic heterocycles. The normalized spacial score (nSPS) is 14.0. The van der Waals surface area contributed by atoms with Crippen molar-refractivity contribution in [3.8, 4) is 5.88 Å². The van der Waals surface area contributed by atoms with E-state index in [0.29, 0.717) is 34.9 Å². The van der Waals surface area contributed by atoms with Gasteiger partial charge in [0.05, 0.1) is 15.6 Å². The third-order valence-electron chi connectivity index (χ3n) is 8.82. The highest BCUT2D eigenvalue weighted by Crippen LogP contribution is 2.42. The van der Waals surface area contributed by atoms with E-state index in [2.05, 4.69) is 10.3 Å². The summed E-state index contributed by atoms with van der Waals surface area (Å²) in [6.45, 7) is -0.637. The molecule has 0 saturated carbocycles. The number of hydrogen-bond donors (Lipinski definition) is 0. The number of hydrogen-bond acceptors (Lipinski definition) is 7. The number of aromatic nitrogens is 3. The zero-order chi connectivity index (χ0) is 34.5. The quantitative estimate of drug-likeness (QED) is 0.0805. The predicted molar refractivity (Wildman–Crippen MR) is 190 cm³/mol. The number of benzene rings is 5. The Kier molecular flexibility index (Phi) is 9.65. The summed E-state index contributed by atoms with van der Waals surface area (Å²) in [6, 6.07) is 41.5. The highest BCUT2D eigenvalue weighted by molar-refractivity contribution is 6.42. The summed E-state index contributed by atoms with van der Waals surface area (Å²) in [4.78, 5) is 27.0. The van der Waals surface area contributed by atoms with Crippen molar-refractivity contribution in [1.82, 2.24) is 15.0 Å². The maximum atomic E-state index is 14.3. The van der Waals surface area contributed by atoms with Crippen LogP contribution in [0.3, 0.4) is 0 Å². The minimum Gasteiger partial charge on any atom is -0.471 e. The van der Waals surface area contributed by atoms with Gasteiger partial charge in [-0.05, 0) is 64.9 Å². The summed E-state index contributed by atoms with van der Waals surface area (Å²) in [5, 5.41) is 10.1. The molecule has 0 saturated heterocycles. The molecule has 0 amide bonds. The SMILES string of the molecule is O=C(OCOC(=O)c1c(OC2CCc3cc(Cl)c(Cl)cc3C2)nnn1C(c1ccccc1)(c1ccccc1)c1ccccc1)c1ccccc1. The molecule has 6 aromatic rings. The molecule has 1 heterocycles. The maximum absolute atomic E-state index is 14.3. The predicted octanol–water partition coefficient (Wildman–Crippen LogP) is 8.33. The van der Waals surface area contributed by atoms with Gasteiger partial charge in [0, 0.05) is 6.42 Å². The highest BCUT2D eigenvalue weighted by atomic mass is 35.5. The zero-order valence-electron chi connectivity index (χ0n) is 26.7. The van der Waals surface area contributed by atoms with Crippen molar-refractivity contribution in [3.05, 3.63) is 183 Å². The van der Waals surface area contributed by atoms with Crippen molar-refractivity contribution in [1.29, 1.82) is 0 Å². The number of aryl methyl sites for hydroxylation is 1. The van der Waals surface area contributed by atoms with E-state index < -0.39 is 24.3 Å². The molecule has 5 aromatic carbocycles. The smallest absolute Gasteiger partial charge is 0.365 e. The summed E-state index contributed by atoms with van der Waals surface area (Å²) in [7, 11) is 0. The second kappa shape index (κ2) is 14.6. The number of esters is 2. The Morgan fingerprint density at radius 1 is 0.700 bits per heavy atom. The maximum Gasteiger partial charge on any atom is 0.365 e. The first-order valence-corrected chi connectivity index (χ1v) is 16.9. The van der Waals surface area contributed by atoms with Crippen molar-refractivity contribution in [3.63, 3.8) is 0 Å². The van der Waals surface area contributed by atoms with E-state index in [1.165, 1.54) is 0 Å². The summed E-state index contributed by atoms with van der Waals surface area (Å²) in [6.07, 6.45) is 1.50. The Morgan fingerprint density at radius 3 is 1.76 bits per heavy atom. The van der Waals surface area contributed by atoms with E-state index in [1.54, 1.807) is 35.0 Å². The molecule has 7 rings (SSSR count). The molecule has 0 N–H and O–H groups in total. The fourth-order valence-corrected chi connectivity index (χ4v) is 6.87. The number of rotatable bonds is 10. The zero-order valence-corrected chi connectivity index (χ0v) is 28.3. The fourth-order valence-electron chi connectivity index (χ4n) is 6.50. The number of carbonyl (C=O) groups excluding carboxylic acids is 2. The van der Waals surface area contributed by atoms with Gasteiger partial charge in [0.25, 0.3) is 5.88 Å². The van der Waals surface area contributed by atoms with E-state index in [9.17, 15) is 9.59 Å². The van der Waals surface area contributed by atoms with E-state index in [0.717, 1.165) is 27.8 Å². The molecule has 1 aliphatic rings. The molecule has 0 spiro atoms. The Hall–Kier alpha value is -5.44. The number of ether oxygens (including phenoxy) is 3. The number of halogens is 2. The largest absolute Gasteiger partial charge is 0.471 e. The molecular formula is C40H31Cl2N3O5. The highest BCUT2D eigenvalue weighted by Gasteiger charge is 2.44. The lowest BCUT2D eigenvalue weighted by atomic mass is 9.77. The van der Waals surface area contributed by atoms with Gasteiger partial charge in [-0.3, -0.25) is 0 Å². The molecule has 0 bridgehead atoms. The van der Waals surface area contributed by atoms with Crippen LogP contribution in [0.25, 0.3) is 0 Å². The standard InChI is InChI=1S/C40H31Cl2N3O5/c41-34-24-28-21-22-33(23-29(28)25-35(34)42)50-37-36(39(47)49-26-48-38(46)27-13-5-1-6-14-27)45(44-43-37)40(30-15-7-2-8-16-30,31-17-9-3-10-18-31)32-19-11-4-12-20-32/h1-20,24-25,33H,21-23,26H2. The lowest BCUT2D eigenvalue weighted by Gasteiger charge is -2.36. The number of fused-ring (bicyclic) bond motifs is 1. The van der Waals surface area contributed by atoms with E-state index in [-0.39, 0.29) is 17.7 Å². The Bertz CT molecular complexity index is 2010. The van der Waals surface area contributed by atoms with Gasteiger partial charge in [0.15, 0.2) is 0 Å². The molecule has 0 aliphatic heterocycles. The van der Waals surface area contributed by atoms with Crippen LogP contribution in [-0.4, -0.2) is 39.8 Å². The molecule has 10 heteroatoms. The van der Waals surface area contributed by atoms with Crippen LogP contribution in [0, 0.1) is 0 Å². The average Bonchev–Trinajstić information content (AvgIpc) is 3.57. The monoisotopic (exact) mass is 703 g/mol. The van der Waals surface area contributed by atoms with Gasteiger partial charge in [-0.1, -0.05) is 143 Å². The number of nitrogens with zero attached hydrogens (tertiary/aromatic N) is 3. The summed E-state index contributed by atoms with van der Waals surface area (Å²) in [5.41, 5.74) is 3.64. The first-order chi connectivity index (χ1) is 24.4. The summed E-state index contributed by atoms with van der Waals surface area (Å²) in [5.74, 6) is -1.47. The number of carbonyl (C=O) groups is 2. The molecule has 1 aliphatic carbocycles. The van der Waals surface area contributed by atoms with Gasteiger partial charge in [0.2, 0.25) is 12.5 Å². The third kappa shape index (κ3) is 6.47. The molecule has 1 unspecified atom stereocenters. The van der Waals surface area contributed by atoms with Crippen molar-refractivity contribution in [2.24, 2.45) is 0 Å². The van der Waals surface area contributed by atoms with Gasteiger partial charge in [0.1, 0.15) is 11.6 Å². The summed E-state index contributed by atoms with van der Waals surface area (Å²) < 4.78 is 19.1. The van der Waals surface area contributed by atoms with Crippen LogP contribution in [0.15, 0.2) is 133 Å². The van der Waals surface area contributed by atoms with Crippen molar-refractivity contribution in [2.45, 2.75) is 30.9 Å². The van der Waals surface area contributed by atoms with Gasteiger partial charge in [-0.15, -0.1) is 0 Å². The topological polar surface area (TPSA) is 92.5 Å². The van der Waals surface area contributed by atoms with Crippen LogP contribution < -0.4 is 4.74 Å². The van der Waals surface area contributed by atoms with Gasteiger partial charge in [-0.25, -0.2) is 14.3 Å². The van der Waals surface area contributed by atoms with Crippen LogP contribution >= 0.6 is 23.2 Å². The van der Waals surface area contributed by atoms with Crippen LogP contribution in [0.2, 0.25) is 10.0 Å². The van der Waals surface area contributed by atoms with E-state index in [4.69, 9.17) is 37.4 Å². The first-order valence-electron chi connectivity index (χ1n) is 16.1. The molecule has 1 atom stereocenters. The molecule has 0 fully saturated rings. The molecule has 0 radical (unpaired) electrons. The Balaban J connectivity index is 1.33. The Labute approximate surface area is 299 Å². The second-order valence-electron chi connectivity index (χ2n) is 11.8. The lowest BCUT2D eigenvalue weighted by Crippen LogP contribution is -2.41.